The van der Waals surface area contributed by atoms with Crippen LogP contribution in [0, 0.1) is 6.92 Å². The Labute approximate surface area is 101 Å². The van der Waals surface area contributed by atoms with Crippen molar-refractivity contribution in [2.75, 3.05) is 13.2 Å². The average molecular weight is 235 g/mol. The quantitative estimate of drug-likeness (QED) is 0.867. The molecule has 0 radical (unpaired) electrons. The van der Waals surface area contributed by atoms with Gasteiger partial charge in [0.25, 0.3) is 0 Å². The van der Waals surface area contributed by atoms with E-state index in [-0.39, 0.29) is 19.3 Å². The van der Waals surface area contributed by atoms with Crippen LogP contribution in [-0.4, -0.2) is 34.9 Å². The second-order valence-electron chi connectivity index (χ2n) is 4.78. The third-order valence-electron chi connectivity index (χ3n) is 3.18. The van der Waals surface area contributed by atoms with Crippen molar-refractivity contribution in [1.29, 1.82) is 0 Å². The van der Waals surface area contributed by atoms with E-state index in [1.165, 1.54) is 5.56 Å². The predicted octanol–water partition coefficient (Wildman–Crippen LogP) is 1.70. The van der Waals surface area contributed by atoms with Gasteiger partial charge in [0.05, 0.1) is 6.61 Å². The Morgan fingerprint density at radius 2 is 2.06 bits per heavy atom. The van der Waals surface area contributed by atoms with E-state index in [4.69, 9.17) is 4.74 Å². The molecule has 1 amide bonds. The fraction of sp³-hybridized carbons (Fsp3) is 0.462. The first-order valence-electron chi connectivity index (χ1n) is 5.66. The molecule has 0 spiro atoms. The second-order valence-corrected chi connectivity index (χ2v) is 4.78. The Morgan fingerprint density at radius 3 is 2.65 bits per heavy atom. The first-order chi connectivity index (χ1) is 8.05. The number of aliphatic hydroxyl groups is 1. The summed E-state index contributed by atoms with van der Waals surface area (Å²) in [5.41, 5.74) is 1.61. The van der Waals surface area contributed by atoms with Gasteiger partial charge in [-0.2, -0.15) is 0 Å². The summed E-state index contributed by atoms with van der Waals surface area (Å²) < 4.78 is 4.99. The van der Waals surface area contributed by atoms with Crippen molar-refractivity contribution in [1.82, 2.24) is 4.90 Å². The smallest absolute Gasteiger partial charge is 0.410 e. The van der Waals surface area contributed by atoms with Crippen molar-refractivity contribution in [3.05, 3.63) is 35.4 Å². The summed E-state index contributed by atoms with van der Waals surface area (Å²) in [5, 5.41) is 9.36. The zero-order valence-electron chi connectivity index (χ0n) is 10.1. The summed E-state index contributed by atoms with van der Waals surface area (Å²) in [6.45, 7) is 4.47. The molecule has 1 N–H and O–H groups in total. The first kappa shape index (κ1) is 11.9. The molecule has 1 aromatic carbocycles. The third kappa shape index (κ3) is 2.26. The van der Waals surface area contributed by atoms with Gasteiger partial charge in [-0.3, -0.25) is 4.90 Å². The lowest BCUT2D eigenvalue weighted by Gasteiger charge is -2.29. The summed E-state index contributed by atoms with van der Waals surface area (Å²) in [5.74, 6) is 0. The van der Waals surface area contributed by atoms with Crippen LogP contribution in [0.5, 0.6) is 0 Å². The highest BCUT2D eigenvalue weighted by Crippen LogP contribution is 2.25. The molecule has 1 aliphatic heterocycles. The van der Waals surface area contributed by atoms with Crippen LogP contribution in [0.4, 0.5) is 4.79 Å². The maximum atomic E-state index is 11.6. The van der Waals surface area contributed by atoms with Gasteiger partial charge in [-0.25, -0.2) is 4.79 Å². The van der Waals surface area contributed by atoms with Crippen LogP contribution in [0.1, 0.15) is 18.1 Å². The number of cyclic esters (lactones) is 1. The van der Waals surface area contributed by atoms with E-state index < -0.39 is 5.54 Å². The van der Waals surface area contributed by atoms with Gasteiger partial charge in [-0.05, 0) is 19.4 Å². The molecule has 1 fully saturated rings. The molecule has 1 saturated heterocycles. The summed E-state index contributed by atoms with van der Waals surface area (Å²) in [6.07, 6.45) is -0.359. The molecule has 0 saturated carbocycles. The van der Waals surface area contributed by atoms with Crippen LogP contribution < -0.4 is 0 Å². The van der Waals surface area contributed by atoms with Crippen LogP contribution in [0.3, 0.4) is 0 Å². The second kappa shape index (κ2) is 4.37. The number of hydrogen-bond acceptors (Lipinski definition) is 3. The van der Waals surface area contributed by atoms with E-state index in [1.807, 2.05) is 38.1 Å². The number of carbonyl (C=O) groups is 1. The van der Waals surface area contributed by atoms with E-state index >= 15 is 0 Å². The van der Waals surface area contributed by atoms with Gasteiger partial charge < -0.3 is 9.84 Å². The maximum absolute atomic E-state index is 11.6. The van der Waals surface area contributed by atoms with Crippen molar-refractivity contribution >= 4 is 6.09 Å². The van der Waals surface area contributed by atoms with Crippen LogP contribution in [0.25, 0.3) is 0 Å². The number of carbonyl (C=O) groups excluding carboxylic acids is 1. The third-order valence-corrected chi connectivity index (χ3v) is 3.18. The Hall–Kier alpha value is -1.55. The lowest BCUT2D eigenvalue weighted by atomic mass is 10.0. The number of nitrogens with zero attached hydrogens (tertiary/aromatic N) is 1. The number of benzene rings is 1. The van der Waals surface area contributed by atoms with Gasteiger partial charge >= 0.3 is 6.09 Å². The normalized spacial score (nSPS) is 23.9. The van der Waals surface area contributed by atoms with Gasteiger partial charge in [0.15, 0.2) is 0 Å². The molecule has 92 valence electrons. The van der Waals surface area contributed by atoms with Crippen LogP contribution in [0.2, 0.25) is 0 Å². The molecule has 1 atom stereocenters. The van der Waals surface area contributed by atoms with Gasteiger partial charge in [0.2, 0.25) is 0 Å². The van der Waals surface area contributed by atoms with Crippen molar-refractivity contribution in [2.24, 2.45) is 0 Å². The highest BCUT2D eigenvalue weighted by atomic mass is 16.6. The van der Waals surface area contributed by atoms with E-state index in [0.29, 0.717) is 6.54 Å². The van der Waals surface area contributed by atoms with Gasteiger partial charge in [-0.15, -0.1) is 0 Å². The molecule has 4 heteroatoms. The molecule has 1 unspecified atom stereocenters. The lowest BCUT2D eigenvalue weighted by Crippen LogP contribution is -2.47. The SMILES string of the molecule is Cc1ccc(CN2C(=O)OCC2(C)CO)cc1. The summed E-state index contributed by atoms with van der Waals surface area (Å²) >= 11 is 0. The Balaban J connectivity index is 2.16. The minimum atomic E-state index is -0.609. The van der Waals surface area contributed by atoms with Crippen molar-refractivity contribution in [3.63, 3.8) is 0 Å². The largest absolute Gasteiger partial charge is 0.447 e. The van der Waals surface area contributed by atoms with Crippen LogP contribution in [0.15, 0.2) is 24.3 Å². The zero-order valence-corrected chi connectivity index (χ0v) is 10.1. The predicted molar refractivity (Wildman–Crippen MR) is 63.6 cm³/mol. The molecular formula is C13H17NO3. The zero-order chi connectivity index (χ0) is 12.5. The lowest BCUT2D eigenvalue weighted by molar-refractivity contribution is 0.0957. The van der Waals surface area contributed by atoms with Crippen molar-refractivity contribution in [3.8, 4) is 0 Å². The highest BCUT2D eigenvalue weighted by Gasteiger charge is 2.43. The molecule has 1 aliphatic rings. The molecule has 2 rings (SSSR count). The van der Waals surface area contributed by atoms with E-state index in [9.17, 15) is 9.90 Å². The summed E-state index contributed by atoms with van der Waals surface area (Å²) in [7, 11) is 0. The van der Waals surface area contributed by atoms with Crippen molar-refractivity contribution in [2.45, 2.75) is 25.9 Å². The molecule has 17 heavy (non-hydrogen) atoms. The van der Waals surface area contributed by atoms with Crippen LogP contribution in [-0.2, 0) is 11.3 Å². The number of aryl methyl sites for hydroxylation is 1. The van der Waals surface area contributed by atoms with Gasteiger partial charge in [-0.1, -0.05) is 29.8 Å². The summed E-state index contributed by atoms with van der Waals surface area (Å²) in [4.78, 5) is 13.2. The number of aliphatic hydroxyl groups excluding tert-OH is 1. The van der Waals surface area contributed by atoms with E-state index in [1.54, 1.807) is 4.90 Å². The molecule has 4 nitrogen and oxygen atoms in total. The molecule has 0 bridgehead atoms. The minimum absolute atomic E-state index is 0.0927. The number of hydrogen-bond donors (Lipinski definition) is 1. The molecule has 1 heterocycles. The first-order valence-corrected chi connectivity index (χ1v) is 5.66. The van der Waals surface area contributed by atoms with Gasteiger partial charge in [0.1, 0.15) is 12.1 Å². The Kier molecular flexibility index (Phi) is 3.07. The standard InChI is InChI=1S/C13H17NO3/c1-10-3-5-11(6-4-10)7-14-12(16)17-9-13(14,2)8-15/h3-6,15H,7-9H2,1-2H3. The summed E-state index contributed by atoms with van der Waals surface area (Å²) in [6, 6.07) is 7.98. The topological polar surface area (TPSA) is 49.8 Å². The fourth-order valence-electron chi connectivity index (χ4n) is 1.86. The monoisotopic (exact) mass is 235 g/mol. The highest BCUT2D eigenvalue weighted by molar-refractivity contribution is 5.71. The minimum Gasteiger partial charge on any atom is -0.447 e. The molecule has 1 aromatic rings. The maximum Gasteiger partial charge on any atom is 0.410 e. The Bertz CT molecular complexity index is 415. The molecule has 0 aliphatic carbocycles. The van der Waals surface area contributed by atoms with E-state index in [2.05, 4.69) is 0 Å². The molecule has 0 aromatic heterocycles. The fourth-order valence-corrected chi connectivity index (χ4v) is 1.86. The van der Waals surface area contributed by atoms with Crippen LogP contribution >= 0.6 is 0 Å². The molecular weight excluding hydrogens is 218 g/mol. The number of ether oxygens (including phenoxy) is 1. The number of amides is 1. The van der Waals surface area contributed by atoms with Gasteiger partial charge in [0, 0.05) is 6.54 Å². The van der Waals surface area contributed by atoms with E-state index in [0.717, 1.165) is 5.56 Å². The van der Waals surface area contributed by atoms with Crippen molar-refractivity contribution < 1.29 is 14.6 Å². The number of rotatable bonds is 3. The Morgan fingerprint density at radius 1 is 1.41 bits per heavy atom. The average Bonchev–Trinajstić information content (AvgIpc) is 2.61.